The topological polar surface area (TPSA) is 94.6 Å². The second kappa shape index (κ2) is 10.6. The van der Waals surface area contributed by atoms with E-state index in [4.69, 9.17) is 0 Å². The van der Waals surface area contributed by atoms with Crippen LogP contribution in [0.2, 0.25) is 0 Å². The van der Waals surface area contributed by atoms with Gasteiger partial charge < -0.3 is 15.5 Å². The van der Waals surface area contributed by atoms with Gasteiger partial charge in [-0.3, -0.25) is 4.31 Å². The summed E-state index contributed by atoms with van der Waals surface area (Å²) in [6.07, 6.45) is 4.18. The number of carbonyl (C=O) groups is 1. The van der Waals surface area contributed by atoms with Crippen LogP contribution in [-0.4, -0.2) is 39.6 Å². The number of thiophene rings is 1. The number of urea groups is 1. The van der Waals surface area contributed by atoms with Gasteiger partial charge in [0.2, 0.25) is 0 Å². The molecule has 1 saturated heterocycles. The summed E-state index contributed by atoms with van der Waals surface area (Å²) in [6, 6.07) is 22.8. The quantitative estimate of drug-likeness (QED) is 0.309. The molecule has 1 fully saturated rings. The number of carbonyl (C=O) groups excluding carboxylic acids is 1. The van der Waals surface area contributed by atoms with Crippen LogP contribution in [0.25, 0.3) is 10.4 Å². The average Bonchev–Trinajstić information content (AvgIpc) is 3.63. The van der Waals surface area contributed by atoms with Gasteiger partial charge in [0.15, 0.2) is 0 Å². The van der Waals surface area contributed by atoms with E-state index in [1.54, 1.807) is 48.7 Å². The van der Waals surface area contributed by atoms with Crippen molar-refractivity contribution in [3.63, 3.8) is 0 Å². The summed E-state index contributed by atoms with van der Waals surface area (Å²) in [6.45, 7) is 2.05. The summed E-state index contributed by atoms with van der Waals surface area (Å²) in [5.41, 5.74) is 2.60. The Hall–Kier alpha value is -3.89. The predicted octanol–water partition coefficient (Wildman–Crippen LogP) is 5.88. The lowest BCUT2D eigenvalue weighted by molar-refractivity contribution is 0.262. The molecule has 4 aromatic rings. The molecule has 3 heterocycles. The molecule has 190 valence electrons. The molecule has 2 amide bonds. The van der Waals surface area contributed by atoms with Crippen LogP contribution in [0, 0.1) is 0 Å². The van der Waals surface area contributed by atoms with Crippen LogP contribution in [0.1, 0.15) is 12.8 Å². The zero-order valence-electron chi connectivity index (χ0n) is 20.3. The number of hydrogen-bond acceptors (Lipinski definition) is 6. The standard InChI is InChI=1S/C27H27N5O3S2/c1-31(23-12-10-22(11-13-23)30-27(33)29-21-7-3-2-4-8-21)37(34,35)26-16-14-24(36-26)20-9-15-25(28-19-20)32-17-5-6-18-32/h2-4,7-16,19H,5-6,17-18H2,1H3,(H2,29,30,33). The molecular formula is C27H27N5O3S2. The fraction of sp³-hybridized carbons (Fsp3) is 0.185. The fourth-order valence-electron chi connectivity index (χ4n) is 4.12. The second-order valence-corrected chi connectivity index (χ2v) is 12.0. The van der Waals surface area contributed by atoms with Crippen molar-refractivity contribution >= 4 is 50.3 Å². The van der Waals surface area contributed by atoms with Crippen molar-refractivity contribution in [2.75, 3.05) is 40.0 Å². The van der Waals surface area contributed by atoms with E-state index >= 15 is 0 Å². The Morgan fingerprint density at radius 3 is 2.22 bits per heavy atom. The lowest BCUT2D eigenvalue weighted by Crippen LogP contribution is -2.25. The lowest BCUT2D eigenvalue weighted by atomic mass is 10.2. The van der Waals surface area contributed by atoms with Gasteiger partial charge in [-0.25, -0.2) is 18.2 Å². The van der Waals surface area contributed by atoms with Crippen molar-refractivity contribution < 1.29 is 13.2 Å². The molecule has 10 heteroatoms. The van der Waals surface area contributed by atoms with Crippen molar-refractivity contribution in [1.82, 2.24) is 4.98 Å². The van der Waals surface area contributed by atoms with Gasteiger partial charge in [-0.2, -0.15) is 0 Å². The van der Waals surface area contributed by atoms with E-state index in [2.05, 4.69) is 20.5 Å². The van der Waals surface area contributed by atoms with E-state index in [0.717, 1.165) is 29.3 Å². The first-order valence-corrected chi connectivity index (χ1v) is 14.2. The van der Waals surface area contributed by atoms with Crippen molar-refractivity contribution in [1.29, 1.82) is 0 Å². The van der Waals surface area contributed by atoms with Crippen molar-refractivity contribution in [3.05, 3.63) is 85.1 Å². The highest BCUT2D eigenvalue weighted by atomic mass is 32.2. The van der Waals surface area contributed by atoms with Crippen LogP contribution in [0.4, 0.5) is 27.7 Å². The van der Waals surface area contributed by atoms with Gasteiger partial charge in [0.05, 0.1) is 5.69 Å². The van der Waals surface area contributed by atoms with Gasteiger partial charge in [-0.05, 0) is 73.5 Å². The molecule has 0 saturated carbocycles. The minimum atomic E-state index is -3.75. The largest absolute Gasteiger partial charge is 0.357 e. The molecule has 8 nitrogen and oxygen atoms in total. The highest BCUT2D eigenvalue weighted by Crippen LogP contribution is 2.34. The number of sulfonamides is 1. The first kappa shape index (κ1) is 24.8. The molecule has 0 radical (unpaired) electrons. The van der Waals surface area contributed by atoms with Gasteiger partial charge >= 0.3 is 6.03 Å². The van der Waals surface area contributed by atoms with E-state index in [0.29, 0.717) is 17.1 Å². The highest BCUT2D eigenvalue weighted by Gasteiger charge is 2.24. The summed E-state index contributed by atoms with van der Waals surface area (Å²) in [7, 11) is -2.23. The van der Waals surface area contributed by atoms with Gasteiger partial charge in [-0.1, -0.05) is 18.2 Å². The van der Waals surface area contributed by atoms with E-state index < -0.39 is 10.0 Å². The molecular weight excluding hydrogens is 506 g/mol. The molecule has 0 bridgehead atoms. The molecule has 1 aliphatic rings. The van der Waals surface area contributed by atoms with Crippen molar-refractivity contribution in [2.24, 2.45) is 0 Å². The number of nitrogens with one attached hydrogen (secondary N) is 2. The summed E-state index contributed by atoms with van der Waals surface area (Å²) in [5.74, 6) is 0.959. The molecule has 5 rings (SSSR count). The average molecular weight is 534 g/mol. The first-order chi connectivity index (χ1) is 17.9. The molecule has 2 N–H and O–H groups in total. The van der Waals surface area contributed by atoms with Crippen LogP contribution < -0.4 is 19.8 Å². The summed E-state index contributed by atoms with van der Waals surface area (Å²) < 4.78 is 28.1. The molecule has 0 aliphatic carbocycles. The lowest BCUT2D eigenvalue weighted by Gasteiger charge is -2.19. The summed E-state index contributed by atoms with van der Waals surface area (Å²) in [4.78, 5) is 19.9. The SMILES string of the molecule is CN(c1ccc(NC(=O)Nc2ccccc2)cc1)S(=O)(=O)c1ccc(-c2ccc(N3CCCC3)nc2)s1. The van der Waals surface area contributed by atoms with Crippen LogP contribution in [0.5, 0.6) is 0 Å². The van der Waals surface area contributed by atoms with Gasteiger partial charge in [-0.15, -0.1) is 11.3 Å². The number of para-hydroxylation sites is 1. The van der Waals surface area contributed by atoms with E-state index in [-0.39, 0.29) is 10.2 Å². The first-order valence-electron chi connectivity index (χ1n) is 11.9. The Labute approximate surface area is 220 Å². The van der Waals surface area contributed by atoms with E-state index in [1.165, 1.54) is 35.5 Å². The number of nitrogens with zero attached hydrogens (tertiary/aromatic N) is 3. The normalized spacial score (nSPS) is 13.4. The smallest absolute Gasteiger partial charge is 0.323 e. The number of anilines is 4. The third kappa shape index (κ3) is 5.60. The van der Waals surface area contributed by atoms with Crippen molar-refractivity contribution in [2.45, 2.75) is 17.1 Å². The van der Waals surface area contributed by atoms with Gasteiger partial charge in [0.25, 0.3) is 10.0 Å². The number of pyridine rings is 1. The molecule has 37 heavy (non-hydrogen) atoms. The maximum Gasteiger partial charge on any atom is 0.323 e. The third-order valence-corrected chi connectivity index (χ3v) is 9.57. The Morgan fingerprint density at radius 1 is 0.892 bits per heavy atom. The van der Waals surface area contributed by atoms with Gasteiger partial charge in [0.1, 0.15) is 10.0 Å². The zero-order chi connectivity index (χ0) is 25.8. The second-order valence-electron chi connectivity index (χ2n) is 8.68. The Kier molecular flexibility index (Phi) is 7.11. The third-order valence-electron chi connectivity index (χ3n) is 6.18. The minimum absolute atomic E-state index is 0.248. The van der Waals surface area contributed by atoms with E-state index in [1.807, 2.05) is 36.4 Å². The Balaban J connectivity index is 1.25. The van der Waals surface area contributed by atoms with Gasteiger partial charge in [0, 0.05) is 48.1 Å². The molecule has 0 atom stereocenters. The highest BCUT2D eigenvalue weighted by molar-refractivity contribution is 7.94. The maximum atomic E-state index is 13.3. The van der Waals surface area contributed by atoms with E-state index in [9.17, 15) is 13.2 Å². The maximum absolute atomic E-state index is 13.3. The number of amides is 2. The Bertz CT molecular complexity index is 1460. The fourth-order valence-corrected chi connectivity index (χ4v) is 6.79. The van der Waals surface area contributed by atoms with Crippen LogP contribution in [0.3, 0.4) is 0 Å². The Morgan fingerprint density at radius 2 is 1.57 bits per heavy atom. The minimum Gasteiger partial charge on any atom is -0.357 e. The number of benzene rings is 2. The van der Waals surface area contributed by atoms with Crippen LogP contribution >= 0.6 is 11.3 Å². The molecule has 2 aromatic carbocycles. The number of aromatic nitrogens is 1. The number of hydrogen-bond donors (Lipinski definition) is 2. The molecule has 2 aromatic heterocycles. The van der Waals surface area contributed by atoms with Crippen LogP contribution in [-0.2, 0) is 10.0 Å². The molecule has 0 unspecified atom stereocenters. The molecule has 1 aliphatic heterocycles. The predicted molar refractivity (Wildman–Crippen MR) is 150 cm³/mol. The molecule has 0 spiro atoms. The number of rotatable bonds is 7. The van der Waals surface area contributed by atoms with Crippen LogP contribution in [0.15, 0.2) is 89.3 Å². The monoisotopic (exact) mass is 533 g/mol. The van der Waals surface area contributed by atoms with Crippen molar-refractivity contribution in [3.8, 4) is 10.4 Å². The zero-order valence-corrected chi connectivity index (χ0v) is 21.9. The summed E-state index contributed by atoms with van der Waals surface area (Å²) in [5, 5.41) is 5.49. The summed E-state index contributed by atoms with van der Waals surface area (Å²) >= 11 is 1.22.